The molecule has 2 saturated heterocycles. The van der Waals surface area contributed by atoms with Gasteiger partial charge in [0.05, 0.1) is 13.2 Å². The standard InChI is InChI=1S/C17H23ClN4O3/c18-13-1-3-14(4-2-13)19-16(23)20-15-5-7-21(8-6-15)17(24)22-9-11-25-12-10-22/h1-4,15H,5-12H2,(H2,19,20,23). The summed E-state index contributed by atoms with van der Waals surface area (Å²) in [5.74, 6) is 0. The van der Waals surface area contributed by atoms with E-state index in [2.05, 4.69) is 10.6 Å². The summed E-state index contributed by atoms with van der Waals surface area (Å²) < 4.78 is 5.28. The fourth-order valence-corrected chi connectivity index (χ4v) is 3.18. The van der Waals surface area contributed by atoms with Gasteiger partial charge in [-0.15, -0.1) is 0 Å². The van der Waals surface area contributed by atoms with Gasteiger partial charge in [-0.1, -0.05) is 11.6 Å². The number of urea groups is 2. The Balaban J connectivity index is 1.41. The van der Waals surface area contributed by atoms with Gasteiger partial charge in [-0.3, -0.25) is 0 Å². The third kappa shape index (κ3) is 4.99. The van der Waals surface area contributed by atoms with E-state index in [0.717, 1.165) is 12.8 Å². The molecule has 3 rings (SSSR count). The molecule has 8 heteroatoms. The smallest absolute Gasteiger partial charge is 0.320 e. The maximum atomic E-state index is 12.4. The van der Waals surface area contributed by atoms with Crippen molar-refractivity contribution in [2.75, 3.05) is 44.7 Å². The second kappa shape index (κ2) is 8.40. The van der Waals surface area contributed by atoms with E-state index >= 15 is 0 Å². The molecule has 0 radical (unpaired) electrons. The van der Waals surface area contributed by atoms with E-state index in [1.807, 2.05) is 9.80 Å². The molecule has 0 unspecified atom stereocenters. The highest BCUT2D eigenvalue weighted by atomic mass is 35.5. The van der Waals surface area contributed by atoms with Gasteiger partial charge >= 0.3 is 12.1 Å². The van der Waals surface area contributed by atoms with Gasteiger partial charge in [0, 0.05) is 42.9 Å². The number of anilines is 1. The minimum Gasteiger partial charge on any atom is -0.378 e. The quantitative estimate of drug-likeness (QED) is 0.844. The zero-order valence-corrected chi connectivity index (χ0v) is 14.8. The van der Waals surface area contributed by atoms with Gasteiger partial charge in [-0.25, -0.2) is 9.59 Å². The van der Waals surface area contributed by atoms with Gasteiger partial charge in [-0.2, -0.15) is 0 Å². The third-order valence-corrected chi connectivity index (χ3v) is 4.74. The van der Waals surface area contributed by atoms with Crippen molar-refractivity contribution in [2.24, 2.45) is 0 Å². The van der Waals surface area contributed by atoms with Crippen molar-refractivity contribution < 1.29 is 14.3 Å². The van der Waals surface area contributed by atoms with Gasteiger partial charge in [-0.05, 0) is 37.1 Å². The van der Waals surface area contributed by atoms with Gasteiger partial charge < -0.3 is 25.2 Å². The molecule has 2 heterocycles. The number of amides is 4. The Hall–Kier alpha value is -1.99. The van der Waals surface area contributed by atoms with E-state index in [1.165, 1.54) is 0 Å². The van der Waals surface area contributed by atoms with Gasteiger partial charge in [0.15, 0.2) is 0 Å². The Labute approximate surface area is 152 Å². The molecule has 0 aromatic heterocycles. The Morgan fingerprint density at radius 3 is 2.24 bits per heavy atom. The van der Waals surface area contributed by atoms with Crippen LogP contribution in [0.1, 0.15) is 12.8 Å². The van der Waals surface area contributed by atoms with Gasteiger partial charge in [0.1, 0.15) is 0 Å². The molecule has 7 nitrogen and oxygen atoms in total. The number of halogens is 1. The molecule has 4 amide bonds. The normalized spacial score (nSPS) is 18.8. The second-order valence-corrected chi connectivity index (χ2v) is 6.69. The average molecular weight is 367 g/mol. The molecular weight excluding hydrogens is 344 g/mol. The van der Waals surface area contributed by atoms with Crippen molar-refractivity contribution in [1.82, 2.24) is 15.1 Å². The summed E-state index contributed by atoms with van der Waals surface area (Å²) in [4.78, 5) is 28.2. The van der Waals surface area contributed by atoms with Crippen molar-refractivity contribution in [3.63, 3.8) is 0 Å². The number of carbonyl (C=O) groups is 2. The Bertz CT molecular complexity index is 596. The predicted octanol–water partition coefficient (Wildman–Crippen LogP) is 2.38. The highest BCUT2D eigenvalue weighted by Crippen LogP contribution is 2.15. The zero-order valence-electron chi connectivity index (χ0n) is 14.0. The number of likely N-dealkylation sites (tertiary alicyclic amines) is 1. The van der Waals surface area contributed by atoms with E-state index in [-0.39, 0.29) is 18.1 Å². The number of carbonyl (C=O) groups excluding carboxylic acids is 2. The van der Waals surface area contributed by atoms with Crippen LogP contribution in [-0.2, 0) is 4.74 Å². The maximum Gasteiger partial charge on any atom is 0.320 e. The van der Waals surface area contributed by atoms with E-state index < -0.39 is 0 Å². The molecule has 136 valence electrons. The summed E-state index contributed by atoms with van der Waals surface area (Å²) in [5.41, 5.74) is 0.696. The molecule has 0 bridgehead atoms. The monoisotopic (exact) mass is 366 g/mol. The SMILES string of the molecule is O=C(Nc1ccc(Cl)cc1)NC1CCN(C(=O)N2CCOCC2)CC1. The van der Waals surface area contributed by atoms with Crippen molar-refractivity contribution in [2.45, 2.75) is 18.9 Å². The number of hydrogen-bond acceptors (Lipinski definition) is 3. The first kappa shape index (κ1) is 17.8. The minimum absolute atomic E-state index is 0.0704. The summed E-state index contributed by atoms with van der Waals surface area (Å²) in [7, 11) is 0. The number of piperidine rings is 1. The maximum absolute atomic E-state index is 12.4. The highest BCUT2D eigenvalue weighted by Gasteiger charge is 2.27. The molecule has 0 saturated carbocycles. The number of nitrogens with one attached hydrogen (secondary N) is 2. The number of morpholine rings is 1. The van der Waals surface area contributed by atoms with Crippen LogP contribution >= 0.6 is 11.6 Å². The lowest BCUT2D eigenvalue weighted by molar-refractivity contribution is 0.0409. The van der Waals surface area contributed by atoms with Crippen LogP contribution in [0.2, 0.25) is 5.02 Å². The topological polar surface area (TPSA) is 73.9 Å². The molecule has 1 aromatic rings. The lowest BCUT2D eigenvalue weighted by atomic mass is 10.1. The van der Waals surface area contributed by atoms with Gasteiger partial charge in [0.2, 0.25) is 0 Å². The average Bonchev–Trinajstić information content (AvgIpc) is 2.64. The van der Waals surface area contributed by atoms with Crippen LogP contribution < -0.4 is 10.6 Å². The largest absolute Gasteiger partial charge is 0.378 e. The molecule has 25 heavy (non-hydrogen) atoms. The molecule has 1 aromatic carbocycles. The number of ether oxygens (including phenoxy) is 1. The van der Waals surface area contributed by atoms with Crippen LogP contribution in [0.5, 0.6) is 0 Å². The molecule has 2 aliphatic rings. The van der Waals surface area contributed by atoms with Gasteiger partial charge in [0.25, 0.3) is 0 Å². The second-order valence-electron chi connectivity index (χ2n) is 6.25. The molecule has 0 spiro atoms. The molecule has 2 N–H and O–H groups in total. The van der Waals surface area contributed by atoms with E-state index in [9.17, 15) is 9.59 Å². The van der Waals surface area contributed by atoms with Crippen LogP contribution in [-0.4, -0.2) is 67.3 Å². The van der Waals surface area contributed by atoms with E-state index in [4.69, 9.17) is 16.3 Å². The van der Waals surface area contributed by atoms with E-state index in [1.54, 1.807) is 24.3 Å². The molecular formula is C17H23ClN4O3. The summed E-state index contributed by atoms with van der Waals surface area (Å²) >= 11 is 5.83. The number of hydrogen-bond donors (Lipinski definition) is 2. The third-order valence-electron chi connectivity index (χ3n) is 4.48. The van der Waals surface area contributed by atoms with Crippen molar-refractivity contribution in [3.8, 4) is 0 Å². The molecule has 2 aliphatic heterocycles. The van der Waals surface area contributed by atoms with Crippen molar-refractivity contribution in [3.05, 3.63) is 29.3 Å². The minimum atomic E-state index is -0.236. The van der Waals surface area contributed by atoms with Crippen molar-refractivity contribution >= 4 is 29.4 Å². The first-order chi connectivity index (χ1) is 12.1. The summed E-state index contributed by atoms with van der Waals surface area (Å²) in [5, 5.41) is 6.39. The fraction of sp³-hybridized carbons (Fsp3) is 0.529. The lowest BCUT2D eigenvalue weighted by Gasteiger charge is -2.37. The highest BCUT2D eigenvalue weighted by molar-refractivity contribution is 6.30. The first-order valence-corrected chi connectivity index (χ1v) is 8.94. The van der Waals surface area contributed by atoms with Crippen molar-refractivity contribution in [1.29, 1.82) is 0 Å². The van der Waals surface area contributed by atoms with Crippen LogP contribution in [0.4, 0.5) is 15.3 Å². The number of rotatable bonds is 2. The van der Waals surface area contributed by atoms with Crippen LogP contribution in [0, 0.1) is 0 Å². The lowest BCUT2D eigenvalue weighted by Crippen LogP contribution is -2.53. The number of benzene rings is 1. The summed E-state index contributed by atoms with van der Waals surface area (Å²) in [6.45, 7) is 3.83. The molecule has 2 fully saturated rings. The predicted molar refractivity (Wildman–Crippen MR) is 96.0 cm³/mol. The van der Waals surface area contributed by atoms with Crippen LogP contribution in [0.3, 0.4) is 0 Å². The fourth-order valence-electron chi connectivity index (χ4n) is 3.06. The van der Waals surface area contributed by atoms with E-state index in [0.29, 0.717) is 50.1 Å². The molecule has 0 aliphatic carbocycles. The molecule has 0 atom stereocenters. The van der Waals surface area contributed by atoms with Crippen LogP contribution in [0.25, 0.3) is 0 Å². The summed E-state index contributed by atoms with van der Waals surface area (Å²) in [6.07, 6.45) is 1.51. The Morgan fingerprint density at radius 2 is 1.60 bits per heavy atom. The first-order valence-electron chi connectivity index (χ1n) is 8.56. The van der Waals surface area contributed by atoms with Crippen LogP contribution in [0.15, 0.2) is 24.3 Å². The zero-order chi connectivity index (χ0) is 17.6. The Morgan fingerprint density at radius 1 is 1.00 bits per heavy atom. The summed E-state index contributed by atoms with van der Waals surface area (Å²) in [6, 6.07) is 6.88. The Kier molecular flexibility index (Phi) is 5.99. The number of nitrogens with zero attached hydrogens (tertiary/aromatic N) is 2.